The highest BCUT2D eigenvalue weighted by atomic mass is 16.4. The zero-order chi connectivity index (χ0) is 15.9. The summed E-state index contributed by atoms with van der Waals surface area (Å²) in [5.74, 6) is -1.54. The summed E-state index contributed by atoms with van der Waals surface area (Å²) in [4.78, 5) is 34.5. The topological polar surface area (TPSA) is 108 Å². The van der Waals surface area contributed by atoms with Crippen molar-refractivity contribution in [1.29, 1.82) is 0 Å². The fourth-order valence-electron chi connectivity index (χ4n) is 1.71. The molecule has 0 radical (unpaired) electrons. The van der Waals surface area contributed by atoms with Crippen LogP contribution in [0.25, 0.3) is 0 Å². The number of amides is 3. The average Bonchev–Trinajstić information content (AvgIpc) is 2.46. The second-order valence-electron chi connectivity index (χ2n) is 4.56. The molecule has 0 aromatic heterocycles. The van der Waals surface area contributed by atoms with Gasteiger partial charge < -0.3 is 21.1 Å². The standard InChI is InChI=1S/C14H19N3O4/c1-3-15-11(18)9-16-13(21)17-14(2,12(19)20)10-7-5-4-6-8-10/h4-8H,3,9H2,1-2H3,(H,15,18)(H,19,20)(H2,16,17,21). The zero-order valence-electron chi connectivity index (χ0n) is 12.0. The quantitative estimate of drug-likeness (QED) is 0.609. The van der Waals surface area contributed by atoms with Gasteiger partial charge in [0, 0.05) is 6.54 Å². The lowest BCUT2D eigenvalue weighted by atomic mass is 9.92. The summed E-state index contributed by atoms with van der Waals surface area (Å²) in [6.07, 6.45) is 0. The Balaban J connectivity index is 2.73. The van der Waals surface area contributed by atoms with Crippen LogP contribution in [0.2, 0.25) is 0 Å². The van der Waals surface area contributed by atoms with Crippen LogP contribution >= 0.6 is 0 Å². The Morgan fingerprint density at radius 2 is 1.76 bits per heavy atom. The number of carbonyl (C=O) groups is 3. The summed E-state index contributed by atoms with van der Waals surface area (Å²) in [7, 11) is 0. The Bertz CT molecular complexity index is 518. The minimum Gasteiger partial charge on any atom is -0.479 e. The second kappa shape index (κ2) is 7.28. The van der Waals surface area contributed by atoms with Crippen molar-refractivity contribution in [3.8, 4) is 0 Å². The molecule has 1 aromatic rings. The maximum atomic E-state index is 11.8. The van der Waals surface area contributed by atoms with Gasteiger partial charge in [0.2, 0.25) is 5.91 Å². The lowest BCUT2D eigenvalue weighted by Crippen LogP contribution is -2.54. The van der Waals surface area contributed by atoms with E-state index >= 15 is 0 Å². The minimum atomic E-state index is -1.58. The summed E-state index contributed by atoms with van der Waals surface area (Å²) in [6.45, 7) is 3.38. The molecule has 1 aromatic carbocycles. The minimum absolute atomic E-state index is 0.218. The van der Waals surface area contributed by atoms with Gasteiger partial charge >= 0.3 is 12.0 Å². The van der Waals surface area contributed by atoms with Gasteiger partial charge in [-0.15, -0.1) is 0 Å². The molecule has 0 saturated heterocycles. The third-order valence-electron chi connectivity index (χ3n) is 2.93. The summed E-state index contributed by atoms with van der Waals surface area (Å²) in [6, 6.07) is 7.61. The van der Waals surface area contributed by atoms with Crippen LogP contribution in [-0.4, -0.2) is 36.1 Å². The number of benzene rings is 1. The van der Waals surface area contributed by atoms with Crippen molar-refractivity contribution in [2.24, 2.45) is 0 Å². The van der Waals surface area contributed by atoms with E-state index in [1.54, 1.807) is 37.3 Å². The molecule has 114 valence electrons. The molecule has 0 bridgehead atoms. The Morgan fingerprint density at radius 1 is 1.14 bits per heavy atom. The molecule has 3 amide bonds. The van der Waals surface area contributed by atoms with Crippen LogP contribution in [0.3, 0.4) is 0 Å². The van der Waals surface area contributed by atoms with E-state index in [0.717, 1.165) is 0 Å². The lowest BCUT2D eigenvalue weighted by Gasteiger charge is -2.26. The number of rotatable bonds is 6. The number of hydrogen-bond acceptors (Lipinski definition) is 3. The number of likely N-dealkylation sites (N-methyl/N-ethyl adjacent to an activating group) is 1. The van der Waals surface area contributed by atoms with Gasteiger partial charge in [-0.1, -0.05) is 30.3 Å². The first-order valence-electron chi connectivity index (χ1n) is 6.51. The summed E-state index contributed by atoms with van der Waals surface area (Å²) < 4.78 is 0. The van der Waals surface area contributed by atoms with Gasteiger partial charge in [0.1, 0.15) is 0 Å². The fraction of sp³-hybridized carbons (Fsp3) is 0.357. The van der Waals surface area contributed by atoms with Gasteiger partial charge in [0.15, 0.2) is 5.54 Å². The van der Waals surface area contributed by atoms with E-state index in [0.29, 0.717) is 12.1 Å². The SMILES string of the molecule is CCNC(=O)CNC(=O)NC(C)(C(=O)O)c1ccccc1. The van der Waals surface area contributed by atoms with E-state index in [9.17, 15) is 19.5 Å². The first-order valence-corrected chi connectivity index (χ1v) is 6.51. The van der Waals surface area contributed by atoms with Crippen molar-refractivity contribution in [1.82, 2.24) is 16.0 Å². The molecule has 0 saturated carbocycles. The van der Waals surface area contributed by atoms with E-state index in [1.165, 1.54) is 6.92 Å². The molecule has 1 rings (SSSR count). The van der Waals surface area contributed by atoms with Crippen LogP contribution < -0.4 is 16.0 Å². The second-order valence-corrected chi connectivity index (χ2v) is 4.56. The van der Waals surface area contributed by atoms with E-state index in [2.05, 4.69) is 16.0 Å². The number of carboxylic acids is 1. The molecule has 4 N–H and O–H groups in total. The summed E-state index contributed by atoms with van der Waals surface area (Å²) in [5.41, 5.74) is -1.14. The predicted octanol–water partition coefficient (Wildman–Crippen LogP) is 0.422. The molecule has 7 nitrogen and oxygen atoms in total. The summed E-state index contributed by atoms with van der Waals surface area (Å²) in [5, 5.41) is 16.6. The van der Waals surface area contributed by atoms with Gasteiger partial charge in [-0.3, -0.25) is 4.79 Å². The fourth-order valence-corrected chi connectivity index (χ4v) is 1.71. The third kappa shape index (κ3) is 4.48. The Hall–Kier alpha value is -2.57. The number of carboxylic acid groups (broad SMARTS) is 1. The first kappa shape index (κ1) is 16.5. The van der Waals surface area contributed by atoms with Crippen molar-refractivity contribution in [3.05, 3.63) is 35.9 Å². The molecule has 0 aliphatic carbocycles. The average molecular weight is 293 g/mol. The van der Waals surface area contributed by atoms with Gasteiger partial charge in [-0.25, -0.2) is 9.59 Å². The normalized spacial score (nSPS) is 12.9. The van der Waals surface area contributed by atoms with E-state index in [-0.39, 0.29) is 12.5 Å². The van der Waals surface area contributed by atoms with Gasteiger partial charge in [0.25, 0.3) is 0 Å². The highest BCUT2D eigenvalue weighted by Crippen LogP contribution is 2.20. The maximum Gasteiger partial charge on any atom is 0.333 e. The smallest absolute Gasteiger partial charge is 0.333 e. The van der Waals surface area contributed by atoms with E-state index < -0.39 is 17.5 Å². The number of nitrogens with one attached hydrogen (secondary N) is 3. The van der Waals surface area contributed by atoms with Gasteiger partial charge in [-0.2, -0.15) is 0 Å². The highest BCUT2D eigenvalue weighted by Gasteiger charge is 2.36. The van der Waals surface area contributed by atoms with Crippen LogP contribution in [0.15, 0.2) is 30.3 Å². The molecule has 0 aliphatic heterocycles. The third-order valence-corrected chi connectivity index (χ3v) is 2.93. The van der Waals surface area contributed by atoms with E-state index in [1.807, 2.05) is 0 Å². The molecular weight excluding hydrogens is 274 g/mol. The number of carbonyl (C=O) groups excluding carboxylic acids is 2. The molecule has 21 heavy (non-hydrogen) atoms. The Morgan fingerprint density at radius 3 is 2.29 bits per heavy atom. The van der Waals surface area contributed by atoms with Crippen molar-refractivity contribution in [2.75, 3.05) is 13.1 Å². The number of aliphatic carboxylic acids is 1. The lowest BCUT2D eigenvalue weighted by molar-refractivity contribution is -0.144. The molecule has 1 unspecified atom stereocenters. The van der Waals surface area contributed by atoms with Gasteiger partial charge in [-0.05, 0) is 19.4 Å². The Kier molecular flexibility index (Phi) is 5.71. The first-order chi connectivity index (χ1) is 9.90. The van der Waals surface area contributed by atoms with Crippen molar-refractivity contribution >= 4 is 17.9 Å². The van der Waals surface area contributed by atoms with Gasteiger partial charge in [0.05, 0.1) is 6.54 Å². The highest BCUT2D eigenvalue weighted by molar-refractivity contribution is 5.89. The zero-order valence-corrected chi connectivity index (χ0v) is 12.0. The van der Waals surface area contributed by atoms with Crippen LogP contribution in [0.4, 0.5) is 4.79 Å². The molecule has 0 heterocycles. The summed E-state index contributed by atoms with van der Waals surface area (Å²) >= 11 is 0. The number of urea groups is 1. The molecule has 0 spiro atoms. The number of hydrogen-bond donors (Lipinski definition) is 4. The molecular formula is C14H19N3O4. The molecule has 0 aliphatic rings. The van der Waals surface area contributed by atoms with E-state index in [4.69, 9.17) is 0 Å². The maximum absolute atomic E-state index is 11.8. The van der Waals surface area contributed by atoms with Crippen molar-refractivity contribution < 1.29 is 19.5 Å². The van der Waals surface area contributed by atoms with Crippen molar-refractivity contribution in [2.45, 2.75) is 19.4 Å². The van der Waals surface area contributed by atoms with Crippen LogP contribution in [0.1, 0.15) is 19.4 Å². The predicted molar refractivity (Wildman–Crippen MR) is 76.6 cm³/mol. The molecule has 1 atom stereocenters. The Labute approximate surface area is 122 Å². The van der Waals surface area contributed by atoms with Crippen LogP contribution in [0, 0.1) is 0 Å². The molecule has 0 fully saturated rings. The van der Waals surface area contributed by atoms with Crippen LogP contribution in [-0.2, 0) is 15.1 Å². The van der Waals surface area contributed by atoms with Crippen LogP contribution in [0.5, 0.6) is 0 Å². The molecule has 7 heteroatoms. The largest absolute Gasteiger partial charge is 0.479 e. The monoisotopic (exact) mass is 293 g/mol. The van der Waals surface area contributed by atoms with Crippen molar-refractivity contribution in [3.63, 3.8) is 0 Å².